The Morgan fingerprint density at radius 1 is 0.432 bits per heavy atom. The molecule has 11 aromatic rings. The van der Waals surface area contributed by atoms with Crippen LogP contribution in [0.3, 0.4) is 0 Å². The van der Waals surface area contributed by atoms with Gasteiger partial charge < -0.3 is 4.74 Å². The van der Waals surface area contributed by atoms with Crippen molar-refractivity contribution in [2.24, 2.45) is 0 Å². The van der Waals surface area contributed by atoms with E-state index in [4.69, 9.17) is 14.5 Å². The molecule has 0 saturated carbocycles. The van der Waals surface area contributed by atoms with Crippen molar-refractivity contribution in [2.45, 2.75) is 84.0 Å². The Hall–Kier alpha value is -7.53. The van der Waals surface area contributed by atoms with Crippen molar-refractivity contribution >= 4 is 32.8 Å². The molecule has 0 radical (unpaired) electrons. The number of ether oxygens (including phenoxy) is 2. The Morgan fingerprint density at radius 2 is 1.01 bits per heavy atom. The molecule has 1 aliphatic heterocycles. The maximum atomic E-state index is 6.99. The summed E-state index contributed by atoms with van der Waals surface area (Å²) >= 11 is 2.51. The van der Waals surface area contributed by atoms with Gasteiger partial charge in [0.15, 0.2) is 0 Å². The Kier molecular flexibility index (Phi) is 10.3. The maximum absolute atomic E-state index is 6.99. The Balaban J connectivity index is 0.986. The first-order chi connectivity index (χ1) is 35.5. The third-order valence-electron chi connectivity index (χ3n) is 15.5. The third kappa shape index (κ3) is 7.08. The van der Waals surface area contributed by atoms with Crippen LogP contribution in [-0.2, 0) is 41.0 Å². The first-order valence-electron chi connectivity index (χ1n) is 25.7. The van der Waals surface area contributed by atoms with E-state index in [1.54, 1.807) is 0 Å². The number of rotatable bonds is 5. The predicted octanol–water partition coefficient (Wildman–Crippen LogP) is 17.1. The fourth-order valence-corrected chi connectivity index (χ4v) is 12.8. The van der Waals surface area contributed by atoms with Crippen molar-refractivity contribution in [3.63, 3.8) is 0 Å². The van der Waals surface area contributed by atoms with Gasteiger partial charge in [0.2, 0.25) is 0 Å². The quantitative estimate of drug-likeness (QED) is 0.173. The van der Waals surface area contributed by atoms with Crippen molar-refractivity contribution in [1.82, 2.24) is 18.7 Å². The van der Waals surface area contributed by atoms with Gasteiger partial charge in [-0.15, -0.1) is 0 Å². The molecule has 6 nitrogen and oxygen atoms in total. The van der Waals surface area contributed by atoms with Gasteiger partial charge in [0.05, 0.1) is 5.41 Å². The molecule has 0 atom stereocenters. The van der Waals surface area contributed by atoms with Gasteiger partial charge in [-0.2, -0.15) is 0 Å². The standard InChI is InChI=1S/C67H58N4O2.Pt/c1-64(2,3)42-31-32-68-63(36-42)71-59-38-48(72-47-20-18-19-45(37-47)69-41-70(58-26-15-14-25-57(58)69)46-34-43(65(4,5)6)33-44(35-46)66(7,8)9)29-30-50(59)52-39-51-49-21-10-11-22-53(49)67(56(51)40-60(52)71)54-23-12-16-27-61(54)73-62-28-17-13-24-55(62)67;/h10-40H,1-9H3;. The molecular weight excluding hydrogens is 1090 g/mol. The summed E-state index contributed by atoms with van der Waals surface area (Å²) < 4.78 is 21.9. The number of imidazole rings is 1. The second-order valence-corrected chi connectivity index (χ2v) is 24.3. The number of pyridine rings is 1. The zero-order valence-corrected chi connectivity index (χ0v) is 45.6. The van der Waals surface area contributed by atoms with E-state index in [2.05, 4.69) is 277 Å². The SMILES string of the molecule is CC(C)(C)c1cc(-n2[c](=[Pt])n(-c3cccc(Oc4ccc5c6cc7c(cc6n(-c6cc(C(C)(C)C)ccn6)c5c4)C4(c5ccccc5Oc5ccccc54)c4ccccc4-7)c3)c3ccccc32)cc(C(C)(C)C)c1. The number of benzene rings is 8. The molecule has 0 bridgehead atoms. The number of para-hydroxylation sites is 4. The number of hydrogen-bond donors (Lipinski definition) is 0. The molecule has 8 aromatic carbocycles. The molecule has 4 heterocycles. The second-order valence-electron chi connectivity index (χ2n) is 23.2. The van der Waals surface area contributed by atoms with Crippen molar-refractivity contribution in [3.8, 4) is 51.3 Å². The van der Waals surface area contributed by atoms with Crippen molar-refractivity contribution in [1.29, 1.82) is 0 Å². The Bertz CT molecular complexity index is 4110. The average Bonchev–Trinajstić information content (AvgIpc) is 4.07. The van der Waals surface area contributed by atoms with Crippen LogP contribution in [0.25, 0.3) is 61.2 Å². The van der Waals surface area contributed by atoms with Gasteiger partial charge in [0.1, 0.15) is 11.5 Å². The molecule has 0 saturated heterocycles. The molecule has 13 rings (SSSR count). The molecule has 7 heteroatoms. The van der Waals surface area contributed by atoms with E-state index in [1.807, 2.05) is 6.20 Å². The molecule has 0 fully saturated rings. The summed E-state index contributed by atoms with van der Waals surface area (Å²) in [5.41, 5.74) is 16.9. The van der Waals surface area contributed by atoms with E-state index in [1.165, 1.54) is 38.9 Å². The number of nitrogens with zero attached hydrogens (tertiary/aromatic N) is 4. The van der Waals surface area contributed by atoms with Crippen LogP contribution in [0.4, 0.5) is 0 Å². The molecule has 2 aliphatic rings. The average molecular weight is 1150 g/mol. The predicted molar refractivity (Wildman–Crippen MR) is 298 cm³/mol. The fraction of sp³-hybridized carbons (Fsp3) is 0.194. The van der Waals surface area contributed by atoms with Crippen LogP contribution in [0.15, 0.2) is 188 Å². The van der Waals surface area contributed by atoms with Crippen LogP contribution >= 0.6 is 0 Å². The molecule has 0 unspecified atom stereocenters. The van der Waals surface area contributed by atoms with E-state index in [0.717, 1.165) is 88.0 Å². The first-order valence-corrected chi connectivity index (χ1v) is 26.8. The van der Waals surface area contributed by atoms with Crippen LogP contribution in [0.1, 0.15) is 101 Å². The van der Waals surface area contributed by atoms with E-state index in [0.29, 0.717) is 0 Å². The number of hydrogen-bond acceptors (Lipinski definition) is 3. The minimum atomic E-state index is -0.610. The first kappa shape index (κ1) is 46.3. The van der Waals surface area contributed by atoms with Gasteiger partial charge in [-0.25, -0.2) is 0 Å². The molecule has 368 valence electrons. The number of fused-ring (bicyclic) bond motifs is 13. The topological polar surface area (TPSA) is 46.1 Å². The summed E-state index contributed by atoms with van der Waals surface area (Å²) in [5.74, 6) is 4.10. The molecular formula is C67H58N4O2Pt. The van der Waals surface area contributed by atoms with Gasteiger partial charge in [0.25, 0.3) is 0 Å². The van der Waals surface area contributed by atoms with Crippen LogP contribution in [0, 0.1) is 3.80 Å². The van der Waals surface area contributed by atoms with Crippen LogP contribution in [-0.4, -0.2) is 18.7 Å². The van der Waals surface area contributed by atoms with Gasteiger partial charge in [-0.1, -0.05) is 81.4 Å². The Labute approximate surface area is 443 Å². The van der Waals surface area contributed by atoms with Crippen LogP contribution in [0.2, 0.25) is 0 Å². The van der Waals surface area contributed by atoms with E-state index in [-0.39, 0.29) is 16.2 Å². The van der Waals surface area contributed by atoms with Crippen LogP contribution in [0.5, 0.6) is 23.0 Å². The molecule has 3 aromatic heterocycles. The molecule has 1 spiro atoms. The van der Waals surface area contributed by atoms with Gasteiger partial charge in [-0.3, -0.25) is 0 Å². The Morgan fingerprint density at radius 3 is 1.68 bits per heavy atom. The summed E-state index contributed by atoms with van der Waals surface area (Å²) in [6, 6.07) is 66.2. The zero-order chi connectivity index (χ0) is 51.1. The molecule has 0 amide bonds. The number of aromatic nitrogens is 4. The molecule has 1 aliphatic carbocycles. The normalized spacial score (nSPS) is 13.8. The van der Waals surface area contributed by atoms with Gasteiger partial charge in [0, 0.05) is 17.3 Å². The van der Waals surface area contributed by atoms with Crippen molar-refractivity contribution in [2.75, 3.05) is 0 Å². The zero-order valence-electron chi connectivity index (χ0n) is 43.3. The molecule has 0 N–H and O–H groups in total. The third-order valence-corrected chi connectivity index (χ3v) is 16.5. The van der Waals surface area contributed by atoms with Crippen molar-refractivity contribution in [3.05, 3.63) is 231 Å². The minimum absolute atomic E-state index is 0.0175. The summed E-state index contributed by atoms with van der Waals surface area (Å²) in [4.78, 5) is 5.15. The summed E-state index contributed by atoms with van der Waals surface area (Å²) in [5, 5.41) is 2.28. The van der Waals surface area contributed by atoms with Crippen molar-refractivity contribution < 1.29 is 28.8 Å². The van der Waals surface area contributed by atoms with Gasteiger partial charge >= 0.3 is 275 Å². The molecule has 74 heavy (non-hydrogen) atoms. The van der Waals surface area contributed by atoms with Gasteiger partial charge in [-0.05, 0) is 51.4 Å². The summed E-state index contributed by atoms with van der Waals surface area (Å²) in [7, 11) is 0. The van der Waals surface area contributed by atoms with E-state index >= 15 is 0 Å². The second kappa shape index (κ2) is 16.5. The summed E-state index contributed by atoms with van der Waals surface area (Å²) in [6.07, 6.45) is 1.95. The van der Waals surface area contributed by atoms with E-state index in [9.17, 15) is 0 Å². The summed E-state index contributed by atoms with van der Waals surface area (Å²) in [6.45, 7) is 20.6. The van der Waals surface area contributed by atoms with E-state index < -0.39 is 5.41 Å². The van der Waals surface area contributed by atoms with Crippen LogP contribution < -0.4 is 9.47 Å². The fourth-order valence-electron chi connectivity index (χ4n) is 11.7. The monoisotopic (exact) mass is 1150 g/mol.